The molecule has 0 bridgehead atoms. The zero-order valence-corrected chi connectivity index (χ0v) is 7.98. The highest BCUT2D eigenvalue weighted by molar-refractivity contribution is 6.43. The minimum atomic E-state index is -0.530. The largest absolute Gasteiger partial charge is 0.464 e. The molecular formula is C10H10NO3. The molecule has 0 fully saturated rings. The summed E-state index contributed by atoms with van der Waals surface area (Å²) in [6, 6.07) is 9.61. The van der Waals surface area contributed by atoms with Gasteiger partial charge in [0.25, 0.3) is 0 Å². The van der Waals surface area contributed by atoms with Crippen molar-refractivity contribution in [2.75, 3.05) is 14.2 Å². The van der Waals surface area contributed by atoms with E-state index in [1.165, 1.54) is 14.2 Å². The van der Waals surface area contributed by atoms with Crippen molar-refractivity contribution < 1.29 is 14.4 Å². The van der Waals surface area contributed by atoms with E-state index in [9.17, 15) is 4.79 Å². The number of hydrogen-bond acceptors (Lipinski definition) is 4. The van der Waals surface area contributed by atoms with Crippen molar-refractivity contribution in [1.82, 2.24) is 0 Å². The summed E-state index contributed by atoms with van der Waals surface area (Å²) in [5.74, 6) is -0.530. The van der Waals surface area contributed by atoms with E-state index < -0.39 is 5.97 Å². The average Bonchev–Trinajstić information content (AvgIpc) is 2.26. The van der Waals surface area contributed by atoms with Crippen molar-refractivity contribution in [1.29, 1.82) is 0 Å². The molecule has 0 heterocycles. The van der Waals surface area contributed by atoms with Gasteiger partial charge >= 0.3 is 5.97 Å². The van der Waals surface area contributed by atoms with Gasteiger partial charge in [-0.15, -0.1) is 0 Å². The molecule has 1 radical (unpaired) electrons. The number of ether oxygens (including phenoxy) is 1. The van der Waals surface area contributed by atoms with E-state index in [1.54, 1.807) is 24.3 Å². The fourth-order valence-corrected chi connectivity index (χ4v) is 0.941. The van der Waals surface area contributed by atoms with Crippen LogP contribution in [0.4, 0.5) is 0 Å². The van der Waals surface area contributed by atoms with Crippen LogP contribution in [-0.4, -0.2) is 25.9 Å². The lowest BCUT2D eigenvalue weighted by Gasteiger charge is -2.02. The van der Waals surface area contributed by atoms with E-state index in [2.05, 4.69) is 20.8 Å². The molecule has 0 aliphatic carbocycles. The number of carbonyl (C=O) groups excluding carboxylic acids is 1. The summed E-state index contributed by atoms with van der Waals surface area (Å²) in [6.45, 7) is 0. The molecular weight excluding hydrogens is 182 g/mol. The average molecular weight is 192 g/mol. The molecule has 0 atom stereocenters. The molecule has 1 aromatic carbocycles. The Morgan fingerprint density at radius 1 is 1.36 bits per heavy atom. The summed E-state index contributed by atoms with van der Waals surface area (Å²) in [4.78, 5) is 15.8. The fraction of sp³-hybridized carbons (Fsp3) is 0.200. The number of benzene rings is 1. The Labute approximate surface area is 82.1 Å². The molecule has 0 saturated heterocycles. The van der Waals surface area contributed by atoms with Crippen molar-refractivity contribution in [2.45, 2.75) is 0 Å². The molecule has 0 aromatic heterocycles. The summed E-state index contributed by atoms with van der Waals surface area (Å²) in [7, 11) is 2.67. The number of carbonyl (C=O) groups is 1. The van der Waals surface area contributed by atoms with Crippen molar-refractivity contribution in [3.8, 4) is 0 Å². The Morgan fingerprint density at radius 2 is 2.00 bits per heavy atom. The smallest absolute Gasteiger partial charge is 0.360 e. The fourth-order valence-electron chi connectivity index (χ4n) is 0.941. The summed E-state index contributed by atoms with van der Waals surface area (Å²) in [5.41, 5.74) is 0.779. The van der Waals surface area contributed by atoms with E-state index in [0.717, 1.165) is 0 Å². The van der Waals surface area contributed by atoms with E-state index in [0.29, 0.717) is 5.56 Å². The number of esters is 1. The van der Waals surface area contributed by atoms with Gasteiger partial charge in [0.05, 0.1) is 7.11 Å². The van der Waals surface area contributed by atoms with Crippen molar-refractivity contribution in [2.24, 2.45) is 5.16 Å². The van der Waals surface area contributed by atoms with E-state index in [1.807, 2.05) is 0 Å². The van der Waals surface area contributed by atoms with E-state index in [4.69, 9.17) is 0 Å². The lowest BCUT2D eigenvalue weighted by atomic mass is 10.1. The molecule has 0 aliphatic heterocycles. The van der Waals surface area contributed by atoms with Crippen LogP contribution in [0.15, 0.2) is 29.4 Å². The van der Waals surface area contributed by atoms with Gasteiger partial charge in [0.1, 0.15) is 7.11 Å². The van der Waals surface area contributed by atoms with Crippen LogP contribution in [0.3, 0.4) is 0 Å². The Balaban J connectivity index is 3.02. The minimum Gasteiger partial charge on any atom is -0.464 e. The second-order valence-corrected chi connectivity index (χ2v) is 2.40. The number of nitrogens with zero attached hydrogens (tertiary/aromatic N) is 1. The Kier molecular flexibility index (Phi) is 3.67. The van der Waals surface area contributed by atoms with Crippen LogP contribution in [0.1, 0.15) is 5.56 Å². The third kappa shape index (κ3) is 2.32. The summed E-state index contributed by atoms with van der Waals surface area (Å²) in [6.07, 6.45) is 0. The first kappa shape index (κ1) is 10.2. The Morgan fingerprint density at radius 3 is 2.50 bits per heavy atom. The monoisotopic (exact) mass is 192 g/mol. The van der Waals surface area contributed by atoms with Gasteiger partial charge in [0.2, 0.25) is 0 Å². The first-order valence-corrected chi connectivity index (χ1v) is 3.95. The van der Waals surface area contributed by atoms with Gasteiger partial charge in [-0.05, 0) is 6.07 Å². The molecule has 1 rings (SSSR count). The van der Waals surface area contributed by atoms with Crippen LogP contribution in [-0.2, 0) is 14.4 Å². The van der Waals surface area contributed by atoms with Gasteiger partial charge in [-0.1, -0.05) is 29.4 Å². The van der Waals surface area contributed by atoms with Crippen LogP contribution in [0, 0.1) is 6.07 Å². The number of rotatable bonds is 3. The molecule has 4 heteroatoms. The van der Waals surface area contributed by atoms with Gasteiger partial charge in [-0.3, -0.25) is 0 Å². The number of hydrogen-bond donors (Lipinski definition) is 0. The van der Waals surface area contributed by atoms with Gasteiger partial charge in [0.15, 0.2) is 5.71 Å². The summed E-state index contributed by atoms with van der Waals surface area (Å²) in [5, 5.41) is 3.59. The molecule has 73 valence electrons. The minimum absolute atomic E-state index is 0.143. The summed E-state index contributed by atoms with van der Waals surface area (Å²) >= 11 is 0. The van der Waals surface area contributed by atoms with Gasteiger partial charge < -0.3 is 9.57 Å². The predicted octanol–water partition coefficient (Wildman–Crippen LogP) is 1.01. The molecule has 14 heavy (non-hydrogen) atoms. The highest BCUT2D eigenvalue weighted by Gasteiger charge is 2.14. The molecule has 0 unspecified atom stereocenters. The topological polar surface area (TPSA) is 47.9 Å². The first-order chi connectivity index (χ1) is 6.79. The zero-order chi connectivity index (χ0) is 10.4. The Bertz CT molecular complexity index is 332. The standard InChI is InChI=1S/C10H10NO3/c1-13-10(12)9(11-14-2)8-6-4-3-5-7-8/h4-7H,1-2H3. The van der Waals surface area contributed by atoms with Crippen LogP contribution in [0.25, 0.3) is 0 Å². The highest BCUT2D eigenvalue weighted by atomic mass is 16.6. The maximum atomic E-state index is 11.3. The third-order valence-electron chi connectivity index (χ3n) is 1.55. The quantitative estimate of drug-likeness (QED) is 0.408. The van der Waals surface area contributed by atoms with E-state index >= 15 is 0 Å². The second kappa shape index (κ2) is 5.01. The van der Waals surface area contributed by atoms with Crippen LogP contribution in [0.5, 0.6) is 0 Å². The molecule has 0 spiro atoms. The van der Waals surface area contributed by atoms with Crippen molar-refractivity contribution >= 4 is 11.7 Å². The van der Waals surface area contributed by atoms with Crippen molar-refractivity contribution in [3.05, 3.63) is 35.9 Å². The van der Waals surface area contributed by atoms with Crippen molar-refractivity contribution in [3.63, 3.8) is 0 Å². The molecule has 0 aliphatic rings. The highest BCUT2D eigenvalue weighted by Crippen LogP contribution is 2.02. The predicted molar refractivity (Wildman–Crippen MR) is 50.8 cm³/mol. The number of methoxy groups -OCH3 is 1. The van der Waals surface area contributed by atoms with Gasteiger partial charge in [-0.25, -0.2) is 4.79 Å². The maximum Gasteiger partial charge on any atom is 0.360 e. The van der Waals surface area contributed by atoms with Crippen LogP contribution >= 0.6 is 0 Å². The van der Waals surface area contributed by atoms with Crippen LogP contribution in [0.2, 0.25) is 0 Å². The molecule has 0 saturated carbocycles. The first-order valence-electron chi connectivity index (χ1n) is 3.95. The third-order valence-corrected chi connectivity index (χ3v) is 1.55. The summed E-state index contributed by atoms with van der Waals surface area (Å²) < 4.78 is 4.56. The molecule has 0 N–H and O–H groups in total. The zero-order valence-electron chi connectivity index (χ0n) is 7.98. The normalized spacial score (nSPS) is 10.9. The number of oxime groups is 1. The van der Waals surface area contributed by atoms with Gasteiger partial charge in [-0.2, -0.15) is 0 Å². The molecule has 1 aromatic rings. The Hall–Kier alpha value is -1.84. The molecule has 4 nitrogen and oxygen atoms in total. The van der Waals surface area contributed by atoms with Gasteiger partial charge in [0, 0.05) is 5.56 Å². The molecule has 0 amide bonds. The lowest BCUT2D eigenvalue weighted by Crippen LogP contribution is -2.17. The lowest BCUT2D eigenvalue weighted by molar-refractivity contribution is -0.132. The van der Waals surface area contributed by atoms with E-state index in [-0.39, 0.29) is 5.71 Å². The second-order valence-electron chi connectivity index (χ2n) is 2.40. The van der Waals surface area contributed by atoms with Crippen LogP contribution < -0.4 is 0 Å². The SMILES string of the molecule is CON=C(C(=O)OC)c1cc[c]cc1. The maximum absolute atomic E-state index is 11.3.